The van der Waals surface area contributed by atoms with Crippen LogP contribution in [-0.2, 0) is 0 Å². The van der Waals surface area contributed by atoms with Gasteiger partial charge in [-0.05, 0) is 67.8 Å². The average Bonchev–Trinajstić information content (AvgIpc) is 2.87. The molecule has 6 nitrogen and oxygen atoms in total. The van der Waals surface area contributed by atoms with Gasteiger partial charge in [0.15, 0.2) is 11.5 Å². The summed E-state index contributed by atoms with van der Waals surface area (Å²) < 4.78 is 72.3. The molecule has 38 heavy (non-hydrogen) atoms. The van der Waals surface area contributed by atoms with Crippen LogP contribution in [0.2, 0.25) is 5.02 Å². The van der Waals surface area contributed by atoms with Crippen LogP contribution < -0.4 is 19.5 Å². The number of nitrogens with one attached hydrogen (secondary N) is 1. The SMILES string of the molecule is COc1cc(C(=O)NCC(c2ccc(OC)c(-c3ccc(F)c(Cl)c3)n2)C(F)(F)F)ccc1OC1CCC1. The van der Waals surface area contributed by atoms with Crippen molar-refractivity contribution in [2.24, 2.45) is 0 Å². The summed E-state index contributed by atoms with van der Waals surface area (Å²) in [5.41, 5.74) is 0.0968. The molecule has 0 saturated heterocycles. The van der Waals surface area contributed by atoms with E-state index in [9.17, 15) is 22.4 Å². The molecule has 0 aliphatic heterocycles. The van der Waals surface area contributed by atoms with Gasteiger partial charge in [0.05, 0.1) is 31.0 Å². The van der Waals surface area contributed by atoms with Crippen LogP contribution in [0.5, 0.6) is 17.2 Å². The predicted octanol–water partition coefficient (Wildman–Crippen LogP) is 6.57. The van der Waals surface area contributed by atoms with E-state index in [1.807, 2.05) is 0 Å². The molecular formula is C27H25ClF4N2O4. The van der Waals surface area contributed by atoms with E-state index in [2.05, 4.69) is 10.3 Å². The molecule has 2 aromatic carbocycles. The molecule has 1 amide bonds. The van der Waals surface area contributed by atoms with E-state index in [-0.39, 0.29) is 39.4 Å². The number of benzene rings is 2. The fourth-order valence-electron chi connectivity index (χ4n) is 3.93. The second-order valence-corrected chi connectivity index (χ2v) is 9.16. The van der Waals surface area contributed by atoms with E-state index in [1.165, 1.54) is 50.6 Å². The van der Waals surface area contributed by atoms with Crippen molar-refractivity contribution in [3.63, 3.8) is 0 Å². The fraction of sp³-hybridized carbons (Fsp3) is 0.333. The molecule has 0 spiro atoms. The van der Waals surface area contributed by atoms with Crippen molar-refractivity contribution in [1.29, 1.82) is 0 Å². The normalized spacial score (nSPS) is 14.4. The Hall–Kier alpha value is -3.53. The van der Waals surface area contributed by atoms with Gasteiger partial charge in [-0.1, -0.05) is 11.6 Å². The highest BCUT2D eigenvalue weighted by molar-refractivity contribution is 6.31. The van der Waals surface area contributed by atoms with E-state index in [4.69, 9.17) is 25.8 Å². The quantitative estimate of drug-likeness (QED) is 0.304. The molecule has 3 aromatic rings. The smallest absolute Gasteiger partial charge is 0.398 e. The lowest BCUT2D eigenvalue weighted by Crippen LogP contribution is -2.35. The Morgan fingerprint density at radius 1 is 1.05 bits per heavy atom. The summed E-state index contributed by atoms with van der Waals surface area (Å²) in [6.45, 7) is -0.770. The van der Waals surface area contributed by atoms with Crippen LogP contribution >= 0.6 is 11.6 Å². The molecule has 1 unspecified atom stereocenters. The van der Waals surface area contributed by atoms with E-state index < -0.39 is 30.4 Å². The number of hydrogen-bond acceptors (Lipinski definition) is 5. The number of ether oxygens (including phenoxy) is 3. The summed E-state index contributed by atoms with van der Waals surface area (Å²) in [6.07, 6.45) is -1.70. The fourth-order valence-corrected chi connectivity index (χ4v) is 4.11. The molecule has 0 bridgehead atoms. The Labute approximate surface area is 221 Å². The maximum atomic E-state index is 14.1. The summed E-state index contributed by atoms with van der Waals surface area (Å²) in [6, 6.07) is 10.6. The minimum absolute atomic E-state index is 0.0549. The first-order chi connectivity index (χ1) is 18.1. The van der Waals surface area contributed by atoms with Crippen molar-refractivity contribution < 1.29 is 36.6 Å². The number of hydrogen-bond donors (Lipinski definition) is 1. The molecule has 1 heterocycles. The van der Waals surface area contributed by atoms with Gasteiger partial charge in [0.2, 0.25) is 0 Å². The monoisotopic (exact) mass is 552 g/mol. The van der Waals surface area contributed by atoms with Crippen LogP contribution in [-0.4, -0.2) is 43.9 Å². The zero-order valence-corrected chi connectivity index (χ0v) is 21.3. The lowest BCUT2D eigenvalue weighted by Gasteiger charge is -2.27. The number of carbonyl (C=O) groups is 1. The maximum absolute atomic E-state index is 14.1. The standard InChI is InChI=1S/C27H25ClF4N2O4/c1-36-23-11-9-21(34-25(23)15-6-8-20(29)19(28)12-15)18(27(30,31)32)14-33-26(35)16-7-10-22(24(13-16)37-2)38-17-4-3-5-17/h6-13,17-18H,3-5,14H2,1-2H3,(H,33,35). The summed E-state index contributed by atoms with van der Waals surface area (Å²) in [7, 11) is 2.76. The minimum Gasteiger partial charge on any atom is -0.494 e. The van der Waals surface area contributed by atoms with Crippen LogP contribution in [0.1, 0.15) is 41.2 Å². The number of halogens is 5. The van der Waals surface area contributed by atoms with Crippen molar-refractivity contribution in [3.8, 4) is 28.5 Å². The van der Waals surface area contributed by atoms with Gasteiger partial charge in [-0.15, -0.1) is 0 Å². The largest absolute Gasteiger partial charge is 0.494 e. The summed E-state index contributed by atoms with van der Waals surface area (Å²) in [5.74, 6) is -2.56. The minimum atomic E-state index is -4.73. The molecule has 1 aliphatic rings. The van der Waals surface area contributed by atoms with Crippen molar-refractivity contribution in [3.05, 3.63) is 70.6 Å². The third-order valence-corrected chi connectivity index (χ3v) is 6.57. The highest BCUT2D eigenvalue weighted by Gasteiger charge is 2.42. The summed E-state index contributed by atoms with van der Waals surface area (Å²) in [5, 5.41) is 2.13. The molecule has 202 valence electrons. The van der Waals surface area contributed by atoms with Gasteiger partial charge >= 0.3 is 6.18 Å². The lowest BCUT2D eigenvalue weighted by atomic mass is 9.96. The third kappa shape index (κ3) is 6.12. The predicted molar refractivity (Wildman–Crippen MR) is 134 cm³/mol. The highest BCUT2D eigenvalue weighted by atomic mass is 35.5. The van der Waals surface area contributed by atoms with Crippen molar-refractivity contribution in [2.75, 3.05) is 20.8 Å². The second kappa shape index (κ2) is 11.5. The zero-order chi connectivity index (χ0) is 27.4. The number of aromatic nitrogens is 1. The summed E-state index contributed by atoms with van der Waals surface area (Å²) in [4.78, 5) is 16.9. The Balaban J connectivity index is 1.56. The highest BCUT2D eigenvalue weighted by Crippen LogP contribution is 2.38. The van der Waals surface area contributed by atoms with Gasteiger partial charge in [0.1, 0.15) is 23.2 Å². The topological polar surface area (TPSA) is 69.7 Å². The molecule has 4 rings (SSSR count). The van der Waals surface area contributed by atoms with Crippen LogP contribution in [0, 0.1) is 5.82 Å². The van der Waals surface area contributed by atoms with Gasteiger partial charge < -0.3 is 19.5 Å². The maximum Gasteiger partial charge on any atom is 0.398 e. The van der Waals surface area contributed by atoms with Crippen molar-refractivity contribution >= 4 is 17.5 Å². The molecule has 1 fully saturated rings. The molecule has 1 saturated carbocycles. The Kier molecular flexibility index (Phi) is 8.30. The van der Waals surface area contributed by atoms with Gasteiger partial charge in [-0.2, -0.15) is 13.2 Å². The molecule has 1 aromatic heterocycles. The van der Waals surface area contributed by atoms with Gasteiger partial charge in [0, 0.05) is 17.7 Å². The number of rotatable bonds is 9. The number of alkyl halides is 3. The van der Waals surface area contributed by atoms with Crippen molar-refractivity contribution in [2.45, 2.75) is 37.5 Å². The van der Waals surface area contributed by atoms with Crippen LogP contribution in [0.25, 0.3) is 11.3 Å². The number of carbonyl (C=O) groups excluding carboxylic acids is 1. The molecular weight excluding hydrogens is 528 g/mol. The Morgan fingerprint density at radius 3 is 2.37 bits per heavy atom. The van der Waals surface area contributed by atoms with Crippen LogP contribution in [0.4, 0.5) is 17.6 Å². The first-order valence-electron chi connectivity index (χ1n) is 11.8. The van der Waals surface area contributed by atoms with Gasteiger partial charge in [0.25, 0.3) is 5.91 Å². The average molecular weight is 553 g/mol. The van der Waals surface area contributed by atoms with Crippen LogP contribution in [0.15, 0.2) is 48.5 Å². The van der Waals surface area contributed by atoms with Gasteiger partial charge in [-0.25, -0.2) is 9.37 Å². The third-order valence-electron chi connectivity index (χ3n) is 6.28. The van der Waals surface area contributed by atoms with Gasteiger partial charge in [-0.3, -0.25) is 4.79 Å². The Bertz CT molecular complexity index is 1310. The number of nitrogens with zero attached hydrogens (tertiary/aromatic N) is 1. The number of amides is 1. The first-order valence-corrected chi connectivity index (χ1v) is 12.2. The zero-order valence-electron chi connectivity index (χ0n) is 20.6. The van der Waals surface area contributed by atoms with Crippen LogP contribution in [0.3, 0.4) is 0 Å². The Morgan fingerprint density at radius 2 is 1.76 bits per heavy atom. The van der Waals surface area contributed by atoms with E-state index in [1.54, 1.807) is 6.07 Å². The van der Waals surface area contributed by atoms with E-state index in [0.29, 0.717) is 11.5 Å². The van der Waals surface area contributed by atoms with E-state index >= 15 is 0 Å². The summed E-state index contributed by atoms with van der Waals surface area (Å²) >= 11 is 5.86. The number of pyridine rings is 1. The molecule has 1 atom stereocenters. The first kappa shape index (κ1) is 27.5. The van der Waals surface area contributed by atoms with E-state index in [0.717, 1.165) is 25.3 Å². The molecule has 1 N–H and O–H groups in total. The molecule has 1 aliphatic carbocycles. The second-order valence-electron chi connectivity index (χ2n) is 8.76. The number of methoxy groups -OCH3 is 2. The van der Waals surface area contributed by atoms with Crippen molar-refractivity contribution in [1.82, 2.24) is 10.3 Å². The lowest BCUT2D eigenvalue weighted by molar-refractivity contribution is -0.149. The molecule has 0 radical (unpaired) electrons. The molecule has 11 heteroatoms.